The summed E-state index contributed by atoms with van der Waals surface area (Å²) in [6.45, 7) is 0. The summed E-state index contributed by atoms with van der Waals surface area (Å²) in [5.41, 5.74) is 4.95. The van der Waals surface area contributed by atoms with E-state index in [9.17, 15) is 4.79 Å². The van der Waals surface area contributed by atoms with Gasteiger partial charge < -0.3 is 5.73 Å². The van der Waals surface area contributed by atoms with Crippen molar-refractivity contribution in [2.75, 3.05) is 0 Å². The van der Waals surface area contributed by atoms with E-state index in [-0.39, 0.29) is 12.3 Å². The van der Waals surface area contributed by atoms with E-state index in [2.05, 4.69) is 0 Å². The minimum absolute atomic E-state index is 0.228. The first-order valence-electron chi connectivity index (χ1n) is 3.34. The molecule has 1 rings (SSSR count). The van der Waals surface area contributed by atoms with E-state index in [0.29, 0.717) is 4.88 Å². The summed E-state index contributed by atoms with van der Waals surface area (Å²) < 4.78 is 0. The lowest BCUT2D eigenvalue weighted by Gasteiger charge is -1.90. The standard InChI is InChI=1S/C8H7N2OS/c9-5-7-2-1-6(12-7)3-4-8(10)11/h1-3H,4H2,(H2,10,11). The van der Waals surface area contributed by atoms with Gasteiger partial charge in [0.2, 0.25) is 5.91 Å². The van der Waals surface area contributed by atoms with Crippen molar-refractivity contribution in [3.8, 4) is 6.07 Å². The predicted molar refractivity (Wildman–Crippen MR) is 46.2 cm³/mol. The third-order valence-electron chi connectivity index (χ3n) is 1.24. The van der Waals surface area contributed by atoms with Crippen LogP contribution < -0.4 is 5.73 Å². The average Bonchev–Trinajstić information content (AvgIpc) is 2.48. The molecule has 0 aliphatic heterocycles. The van der Waals surface area contributed by atoms with E-state index in [0.717, 1.165) is 4.88 Å². The molecule has 1 aromatic rings. The fourth-order valence-corrected chi connectivity index (χ4v) is 1.46. The topological polar surface area (TPSA) is 66.9 Å². The Morgan fingerprint density at radius 1 is 1.75 bits per heavy atom. The van der Waals surface area contributed by atoms with Crippen molar-refractivity contribution in [3.63, 3.8) is 0 Å². The van der Waals surface area contributed by atoms with Gasteiger partial charge in [0.05, 0.1) is 0 Å². The number of amides is 1. The van der Waals surface area contributed by atoms with Gasteiger partial charge in [0, 0.05) is 17.7 Å². The van der Waals surface area contributed by atoms with Crippen LogP contribution in [-0.2, 0) is 4.79 Å². The molecule has 0 saturated carbocycles. The van der Waals surface area contributed by atoms with Crippen LogP contribution in [0.3, 0.4) is 0 Å². The number of primary amides is 1. The molecule has 2 N–H and O–H groups in total. The number of thiophene rings is 1. The van der Waals surface area contributed by atoms with Crippen molar-refractivity contribution >= 4 is 17.2 Å². The van der Waals surface area contributed by atoms with Crippen LogP contribution in [0.5, 0.6) is 0 Å². The van der Waals surface area contributed by atoms with Crippen LogP contribution >= 0.6 is 11.3 Å². The van der Waals surface area contributed by atoms with E-state index in [1.807, 2.05) is 6.07 Å². The maximum absolute atomic E-state index is 10.4. The number of carbonyl (C=O) groups excluding carboxylic acids is 1. The summed E-state index contributed by atoms with van der Waals surface area (Å²) in [6.07, 6.45) is 1.94. The number of nitrogens with two attached hydrogens (primary N) is 1. The molecule has 61 valence electrons. The summed E-state index contributed by atoms with van der Waals surface area (Å²) in [5, 5.41) is 8.48. The molecule has 0 atom stereocenters. The van der Waals surface area contributed by atoms with Gasteiger partial charge in [-0.3, -0.25) is 4.79 Å². The van der Waals surface area contributed by atoms with Crippen LogP contribution in [0, 0.1) is 17.8 Å². The quantitative estimate of drug-likeness (QED) is 0.753. The second-order valence-corrected chi connectivity index (χ2v) is 3.30. The number of nitriles is 1. The van der Waals surface area contributed by atoms with Gasteiger partial charge in [-0.15, -0.1) is 11.3 Å². The molecular formula is C8H7N2OS. The fourth-order valence-electron chi connectivity index (χ4n) is 0.724. The summed E-state index contributed by atoms with van der Waals surface area (Å²) in [7, 11) is 0. The van der Waals surface area contributed by atoms with Crippen LogP contribution in [0.1, 0.15) is 16.2 Å². The molecular weight excluding hydrogens is 172 g/mol. The molecule has 1 amide bonds. The normalized spacial score (nSPS) is 9.25. The minimum Gasteiger partial charge on any atom is -0.370 e. The molecule has 0 saturated heterocycles. The van der Waals surface area contributed by atoms with Gasteiger partial charge in [0.15, 0.2) is 0 Å². The highest BCUT2D eigenvalue weighted by atomic mass is 32.1. The van der Waals surface area contributed by atoms with E-state index < -0.39 is 0 Å². The third-order valence-corrected chi connectivity index (χ3v) is 2.23. The third kappa shape index (κ3) is 2.36. The molecule has 0 aliphatic rings. The van der Waals surface area contributed by atoms with Gasteiger partial charge in [-0.25, -0.2) is 0 Å². The number of hydrogen-bond donors (Lipinski definition) is 1. The maximum Gasteiger partial charge on any atom is 0.218 e. The largest absolute Gasteiger partial charge is 0.370 e. The summed E-state index contributed by atoms with van der Waals surface area (Å²) in [6, 6.07) is 5.53. The van der Waals surface area contributed by atoms with E-state index in [4.69, 9.17) is 11.0 Å². The van der Waals surface area contributed by atoms with Crippen LogP contribution in [0.15, 0.2) is 12.1 Å². The van der Waals surface area contributed by atoms with Gasteiger partial charge in [-0.1, -0.05) is 0 Å². The van der Waals surface area contributed by atoms with Crippen LogP contribution in [0.2, 0.25) is 0 Å². The molecule has 4 heteroatoms. The molecule has 0 aliphatic carbocycles. The Bertz CT molecular complexity index is 324. The van der Waals surface area contributed by atoms with Gasteiger partial charge in [-0.05, 0) is 12.1 Å². The molecule has 0 fully saturated rings. The summed E-state index contributed by atoms with van der Waals surface area (Å²) in [5.74, 6) is -0.359. The van der Waals surface area contributed by atoms with Crippen molar-refractivity contribution in [3.05, 3.63) is 28.3 Å². The average molecular weight is 179 g/mol. The van der Waals surface area contributed by atoms with Crippen molar-refractivity contribution in [2.45, 2.75) is 6.42 Å². The molecule has 12 heavy (non-hydrogen) atoms. The Balaban J connectivity index is 2.54. The Hall–Kier alpha value is -1.34. The highest BCUT2D eigenvalue weighted by molar-refractivity contribution is 7.12. The van der Waals surface area contributed by atoms with Gasteiger partial charge in [0.25, 0.3) is 0 Å². The van der Waals surface area contributed by atoms with Crippen molar-refractivity contribution in [2.24, 2.45) is 5.73 Å². The zero-order chi connectivity index (χ0) is 8.97. The maximum atomic E-state index is 10.4. The first kappa shape index (κ1) is 8.75. The SMILES string of the molecule is N#Cc1ccc([CH]CC(N)=O)s1. The van der Waals surface area contributed by atoms with Crippen molar-refractivity contribution in [1.82, 2.24) is 0 Å². The summed E-state index contributed by atoms with van der Waals surface area (Å²) >= 11 is 1.35. The lowest BCUT2D eigenvalue weighted by Crippen LogP contribution is -2.09. The summed E-state index contributed by atoms with van der Waals surface area (Å²) in [4.78, 5) is 11.9. The number of carbonyl (C=O) groups is 1. The Kier molecular flexibility index (Phi) is 2.83. The molecule has 0 aromatic carbocycles. The molecule has 3 nitrogen and oxygen atoms in total. The van der Waals surface area contributed by atoms with Gasteiger partial charge in [0.1, 0.15) is 10.9 Å². The van der Waals surface area contributed by atoms with Crippen LogP contribution in [0.25, 0.3) is 0 Å². The zero-order valence-corrected chi connectivity index (χ0v) is 7.10. The molecule has 1 heterocycles. The van der Waals surface area contributed by atoms with Gasteiger partial charge >= 0.3 is 0 Å². The molecule has 0 unspecified atom stereocenters. The lowest BCUT2D eigenvalue weighted by molar-refractivity contribution is -0.117. The second kappa shape index (κ2) is 3.88. The predicted octanol–water partition coefficient (Wildman–Crippen LogP) is 1.05. The highest BCUT2D eigenvalue weighted by Crippen LogP contribution is 2.17. The molecule has 1 radical (unpaired) electrons. The van der Waals surface area contributed by atoms with Crippen LogP contribution in [0.4, 0.5) is 0 Å². The molecule has 0 spiro atoms. The van der Waals surface area contributed by atoms with Crippen molar-refractivity contribution in [1.29, 1.82) is 5.26 Å². The van der Waals surface area contributed by atoms with E-state index >= 15 is 0 Å². The Labute approximate surface area is 74.4 Å². The number of nitrogens with zero attached hydrogens (tertiary/aromatic N) is 1. The number of hydrogen-bond acceptors (Lipinski definition) is 3. The lowest BCUT2D eigenvalue weighted by atomic mass is 10.2. The minimum atomic E-state index is -0.359. The molecule has 1 aromatic heterocycles. The first-order valence-corrected chi connectivity index (χ1v) is 4.15. The molecule has 0 bridgehead atoms. The van der Waals surface area contributed by atoms with E-state index in [1.165, 1.54) is 11.3 Å². The smallest absolute Gasteiger partial charge is 0.218 e. The fraction of sp³-hybridized carbons (Fsp3) is 0.125. The van der Waals surface area contributed by atoms with Gasteiger partial charge in [-0.2, -0.15) is 5.26 Å². The zero-order valence-electron chi connectivity index (χ0n) is 6.28. The highest BCUT2D eigenvalue weighted by Gasteiger charge is 2.01. The number of rotatable bonds is 3. The first-order chi connectivity index (χ1) is 5.72. The Morgan fingerprint density at radius 2 is 2.50 bits per heavy atom. The van der Waals surface area contributed by atoms with Crippen LogP contribution in [-0.4, -0.2) is 5.91 Å². The van der Waals surface area contributed by atoms with E-state index in [1.54, 1.807) is 18.6 Å². The monoisotopic (exact) mass is 179 g/mol. The van der Waals surface area contributed by atoms with Crippen molar-refractivity contribution < 1.29 is 4.79 Å². The Morgan fingerprint density at radius 3 is 3.00 bits per heavy atom. The second-order valence-electron chi connectivity index (χ2n) is 2.19.